The zero-order valence-electron chi connectivity index (χ0n) is 9.87. The van der Waals surface area contributed by atoms with Crippen LogP contribution in [0, 0.1) is 0 Å². The van der Waals surface area contributed by atoms with Crippen LogP contribution in [0.15, 0.2) is 0 Å². The number of nitrogens with one attached hydrogen (secondary N) is 1. The third-order valence-corrected chi connectivity index (χ3v) is 4.70. The van der Waals surface area contributed by atoms with E-state index in [4.69, 9.17) is 0 Å². The van der Waals surface area contributed by atoms with Gasteiger partial charge in [-0.3, -0.25) is 4.90 Å². The summed E-state index contributed by atoms with van der Waals surface area (Å²) in [6.07, 6.45) is 5.61. The van der Waals surface area contributed by atoms with Crippen LogP contribution in [-0.2, 0) is 0 Å². The second-order valence-electron chi connectivity index (χ2n) is 4.74. The molecule has 0 aromatic rings. The molecule has 0 saturated carbocycles. The number of piperidine rings is 1. The molecule has 0 aromatic carbocycles. The molecule has 1 unspecified atom stereocenters. The number of nitrogens with zero attached hydrogens (tertiary/aromatic N) is 1. The summed E-state index contributed by atoms with van der Waals surface area (Å²) >= 11 is 2.13. The fraction of sp³-hybridized carbons (Fsp3) is 1.00. The van der Waals surface area contributed by atoms with Gasteiger partial charge in [0, 0.05) is 18.6 Å². The van der Waals surface area contributed by atoms with E-state index in [0.717, 1.165) is 18.6 Å². The quantitative estimate of drug-likeness (QED) is 0.795. The predicted octanol–water partition coefficient (Wildman–Crippen LogP) is 1.96. The van der Waals surface area contributed by atoms with Crippen molar-refractivity contribution in [1.82, 2.24) is 10.2 Å². The van der Waals surface area contributed by atoms with Gasteiger partial charge in [0.2, 0.25) is 0 Å². The molecule has 0 aliphatic carbocycles. The predicted molar refractivity (Wildman–Crippen MR) is 68.6 cm³/mol. The number of rotatable bonds is 3. The van der Waals surface area contributed by atoms with Crippen molar-refractivity contribution >= 4 is 11.8 Å². The molecular weight excluding hydrogens is 204 g/mol. The van der Waals surface area contributed by atoms with Gasteiger partial charge in [-0.2, -0.15) is 11.8 Å². The Bertz CT molecular complexity index is 178. The topological polar surface area (TPSA) is 15.3 Å². The lowest BCUT2D eigenvalue weighted by molar-refractivity contribution is 0.130. The normalized spacial score (nSPS) is 30.6. The Labute approximate surface area is 98.2 Å². The molecule has 3 heteroatoms. The number of hydrogen-bond acceptors (Lipinski definition) is 3. The van der Waals surface area contributed by atoms with E-state index < -0.39 is 0 Å². The molecule has 2 rings (SSSR count). The van der Waals surface area contributed by atoms with Crippen molar-refractivity contribution in [1.29, 1.82) is 0 Å². The van der Waals surface area contributed by atoms with E-state index in [1.807, 2.05) is 0 Å². The van der Waals surface area contributed by atoms with E-state index >= 15 is 0 Å². The van der Waals surface area contributed by atoms with E-state index in [1.165, 1.54) is 50.3 Å². The van der Waals surface area contributed by atoms with Gasteiger partial charge < -0.3 is 5.32 Å². The highest BCUT2D eigenvalue weighted by molar-refractivity contribution is 7.99. The van der Waals surface area contributed by atoms with Crippen LogP contribution >= 0.6 is 11.8 Å². The van der Waals surface area contributed by atoms with Gasteiger partial charge in [0.15, 0.2) is 0 Å². The minimum atomic E-state index is 0.762. The van der Waals surface area contributed by atoms with Gasteiger partial charge in [0.1, 0.15) is 0 Å². The molecule has 2 nitrogen and oxygen atoms in total. The van der Waals surface area contributed by atoms with Crippen LogP contribution < -0.4 is 5.32 Å². The van der Waals surface area contributed by atoms with Gasteiger partial charge in [0.25, 0.3) is 0 Å². The van der Waals surface area contributed by atoms with Crippen LogP contribution in [0.1, 0.15) is 32.6 Å². The van der Waals surface area contributed by atoms with E-state index in [0.29, 0.717) is 0 Å². The first-order valence-electron chi connectivity index (χ1n) is 6.45. The second-order valence-corrected chi connectivity index (χ2v) is 5.96. The smallest absolute Gasteiger partial charge is 0.0195 e. The van der Waals surface area contributed by atoms with Crippen LogP contribution in [-0.4, -0.2) is 48.1 Å². The molecule has 0 spiro atoms. The lowest BCUT2D eigenvalue weighted by Gasteiger charge is -2.40. The Morgan fingerprint density at radius 2 is 2.07 bits per heavy atom. The summed E-state index contributed by atoms with van der Waals surface area (Å²) in [6, 6.07) is 1.66. The zero-order chi connectivity index (χ0) is 10.5. The highest BCUT2D eigenvalue weighted by Gasteiger charge is 2.26. The van der Waals surface area contributed by atoms with Crippen molar-refractivity contribution in [2.45, 2.75) is 44.7 Å². The molecule has 2 aliphatic heterocycles. The molecule has 15 heavy (non-hydrogen) atoms. The summed E-state index contributed by atoms with van der Waals surface area (Å²) < 4.78 is 0. The molecule has 0 radical (unpaired) electrons. The average molecular weight is 228 g/mol. The molecule has 0 aromatic heterocycles. The van der Waals surface area contributed by atoms with Crippen molar-refractivity contribution in [3.8, 4) is 0 Å². The lowest BCUT2D eigenvalue weighted by atomic mass is 10.0. The van der Waals surface area contributed by atoms with E-state index in [-0.39, 0.29) is 0 Å². The van der Waals surface area contributed by atoms with Crippen molar-refractivity contribution < 1.29 is 0 Å². The van der Waals surface area contributed by atoms with Crippen molar-refractivity contribution in [3.05, 3.63) is 0 Å². The average Bonchev–Trinajstić information content (AvgIpc) is 2.31. The third-order valence-electron chi connectivity index (χ3n) is 3.65. The fourth-order valence-corrected chi connectivity index (χ4v) is 3.93. The Morgan fingerprint density at radius 1 is 1.27 bits per heavy atom. The number of likely N-dealkylation sites (N-methyl/N-ethyl adjacent to an activating group) is 1. The number of hydrogen-bond donors (Lipinski definition) is 1. The molecule has 1 N–H and O–H groups in total. The van der Waals surface area contributed by atoms with Gasteiger partial charge in [-0.1, -0.05) is 6.92 Å². The largest absolute Gasteiger partial charge is 0.313 e. The van der Waals surface area contributed by atoms with Crippen LogP contribution in [0.5, 0.6) is 0 Å². The van der Waals surface area contributed by atoms with Crippen LogP contribution in [0.4, 0.5) is 0 Å². The first kappa shape index (κ1) is 11.7. The van der Waals surface area contributed by atoms with Crippen molar-refractivity contribution in [3.63, 3.8) is 0 Å². The summed E-state index contributed by atoms with van der Waals surface area (Å²) in [7, 11) is 0. The number of thioether (sulfide) groups is 1. The van der Waals surface area contributed by atoms with Crippen molar-refractivity contribution in [2.24, 2.45) is 0 Å². The zero-order valence-corrected chi connectivity index (χ0v) is 10.7. The second kappa shape index (κ2) is 6.12. The Morgan fingerprint density at radius 3 is 2.80 bits per heavy atom. The summed E-state index contributed by atoms with van der Waals surface area (Å²) in [4.78, 5) is 2.75. The molecule has 2 saturated heterocycles. The standard InChI is InChI=1S/C12H24N2S/c1-2-13-11-4-3-7-14(10-11)12-5-8-15-9-6-12/h11-13H,2-10H2,1H3. The maximum absolute atomic E-state index is 3.61. The van der Waals surface area contributed by atoms with Gasteiger partial charge in [-0.05, 0) is 50.3 Å². The maximum Gasteiger partial charge on any atom is 0.0195 e. The molecule has 2 heterocycles. The Kier molecular flexibility index (Phi) is 4.79. The lowest BCUT2D eigenvalue weighted by Crippen LogP contribution is -2.50. The van der Waals surface area contributed by atoms with Crippen molar-refractivity contribution in [2.75, 3.05) is 31.1 Å². The summed E-state index contributed by atoms with van der Waals surface area (Å²) in [5.41, 5.74) is 0. The first-order chi connectivity index (χ1) is 7.40. The van der Waals surface area contributed by atoms with Gasteiger partial charge >= 0.3 is 0 Å². The van der Waals surface area contributed by atoms with Gasteiger partial charge in [-0.25, -0.2) is 0 Å². The molecule has 0 amide bonds. The Hall–Kier alpha value is 0.270. The van der Waals surface area contributed by atoms with Gasteiger partial charge in [0.05, 0.1) is 0 Å². The minimum absolute atomic E-state index is 0.762. The molecule has 0 bridgehead atoms. The van der Waals surface area contributed by atoms with E-state index in [2.05, 4.69) is 28.9 Å². The van der Waals surface area contributed by atoms with Crippen LogP contribution in [0.25, 0.3) is 0 Å². The summed E-state index contributed by atoms with van der Waals surface area (Å²) in [5.74, 6) is 2.76. The number of likely N-dealkylation sites (tertiary alicyclic amines) is 1. The van der Waals surface area contributed by atoms with Gasteiger partial charge in [-0.15, -0.1) is 0 Å². The minimum Gasteiger partial charge on any atom is -0.313 e. The summed E-state index contributed by atoms with van der Waals surface area (Å²) in [6.45, 7) is 5.98. The van der Waals surface area contributed by atoms with E-state index in [1.54, 1.807) is 0 Å². The highest BCUT2D eigenvalue weighted by Crippen LogP contribution is 2.24. The van der Waals surface area contributed by atoms with Crippen LogP contribution in [0.3, 0.4) is 0 Å². The fourth-order valence-electron chi connectivity index (χ4n) is 2.84. The molecule has 2 fully saturated rings. The van der Waals surface area contributed by atoms with E-state index in [9.17, 15) is 0 Å². The molecule has 2 aliphatic rings. The first-order valence-corrected chi connectivity index (χ1v) is 7.61. The monoisotopic (exact) mass is 228 g/mol. The summed E-state index contributed by atoms with van der Waals surface area (Å²) in [5, 5.41) is 3.61. The van der Waals surface area contributed by atoms with Crippen LogP contribution in [0.2, 0.25) is 0 Å². The molecule has 88 valence electrons. The highest BCUT2D eigenvalue weighted by atomic mass is 32.2. The SMILES string of the molecule is CCNC1CCCN(C2CCSCC2)C1. The molecule has 1 atom stereocenters. The maximum atomic E-state index is 3.61. The molecular formula is C12H24N2S. The third kappa shape index (κ3) is 3.36. The Balaban J connectivity index is 1.80.